The monoisotopic (exact) mass is 366 g/mol. The van der Waals surface area contributed by atoms with E-state index in [9.17, 15) is 17.9 Å². The van der Waals surface area contributed by atoms with Crippen LogP contribution in [0.5, 0.6) is 0 Å². The Kier molecular flexibility index (Phi) is 7.89. The third-order valence-electron chi connectivity index (χ3n) is 3.94. The Labute approximate surface area is 143 Å². The fourth-order valence-corrected chi connectivity index (χ4v) is 3.67. The van der Waals surface area contributed by atoms with Crippen molar-refractivity contribution in [1.82, 2.24) is 10.0 Å². The number of halogens is 2. The quantitative estimate of drug-likeness (QED) is 0.716. The average Bonchev–Trinajstić information content (AvgIpc) is 2.44. The molecule has 5 nitrogen and oxygen atoms in total. The summed E-state index contributed by atoms with van der Waals surface area (Å²) in [7, 11) is -3.15. The molecule has 0 bridgehead atoms. The van der Waals surface area contributed by atoms with E-state index < -0.39 is 16.1 Å². The summed E-state index contributed by atoms with van der Waals surface area (Å²) in [4.78, 5) is 0. The lowest BCUT2D eigenvalue weighted by atomic mass is 9.91. The molecule has 1 aliphatic carbocycles. The summed E-state index contributed by atoms with van der Waals surface area (Å²) >= 11 is 0. The number of nitrogens with one attached hydrogen (secondary N) is 2. The number of rotatable bonds is 6. The summed E-state index contributed by atoms with van der Waals surface area (Å²) in [6, 6.07) is 6.21. The highest BCUT2D eigenvalue weighted by Crippen LogP contribution is 2.20. The van der Waals surface area contributed by atoms with Crippen LogP contribution in [-0.2, 0) is 10.0 Å². The smallest absolute Gasteiger partial charge is 0.208 e. The second kappa shape index (κ2) is 8.94. The van der Waals surface area contributed by atoms with Crippen molar-refractivity contribution in [3.63, 3.8) is 0 Å². The molecule has 23 heavy (non-hydrogen) atoms. The van der Waals surface area contributed by atoms with Crippen molar-refractivity contribution < 1.29 is 17.9 Å². The Morgan fingerprint density at radius 3 is 2.43 bits per heavy atom. The lowest BCUT2D eigenvalue weighted by Gasteiger charge is -2.29. The van der Waals surface area contributed by atoms with Crippen molar-refractivity contribution >= 4 is 22.4 Å². The molecule has 0 radical (unpaired) electrons. The molecule has 0 heterocycles. The van der Waals surface area contributed by atoms with Crippen molar-refractivity contribution in [2.75, 3.05) is 12.8 Å². The molecule has 1 aliphatic rings. The van der Waals surface area contributed by atoms with Gasteiger partial charge in [-0.1, -0.05) is 12.1 Å². The van der Waals surface area contributed by atoms with Crippen LogP contribution in [0, 0.1) is 5.82 Å². The van der Waals surface area contributed by atoms with Crippen molar-refractivity contribution in [1.29, 1.82) is 0 Å². The Bertz CT molecular complexity index is 592. The van der Waals surface area contributed by atoms with E-state index in [-0.39, 0.29) is 30.3 Å². The first-order valence-electron chi connectivity index (χ1n) is 7.48. The van der Waals surface area contributed by atoms with E-state index in [1.807, 2.05) is 0 Å². The van der Waals surface area contributed by atoms with Crippen molar-refractivity contribution in [3.05, 3.63) is 35.6 Å². The largest absolute Gasteiger partial charge is 0.387 e. The molecule has 3 N–H and O–H groups in total. The zero-order chi connectivity index (χ0) is 16.2. The van der Waals surface area contributed by atoms with Gasteiger partial charge in [-0.3, -0.25) is 0 Å². The van der Waals surface area contributed by atoms with Crippen LogP contribution in [0.1, 0.15) is 37.4 Å². The number of hydrogen-bond acceptors (Lipinski definition) is 4. The second-order valence-electron chi connectivity index (χ2n) is 5.92. The molecule has 0 aliphatic heterocycles. The lowest BCUT2D eigenvalue weighted by molar-refractivity contribution is 0.164. The van der Waals surface area contributed by atoms with Gasteiger partial charge in [0, 0.05) is 18.6 Å². The molecule has 1 atom stereocenters. The van der Waals surface area contributed by atoms with Gasteiger partial charge < -0.3 is 10.4 Å². The predicted molar refractivity (Wildman–Crippen MR) is 90.6 cm³/mol. The Morgan fingerprint density at radius 1 is 1.26 bits per heavy atom. The first kappa shape index (κ1) is 20.3. The van der Waals surface area contributed by atoms with E-state index >= 15 is 0 Å². The van der Waals surface area contributed by atoms with Crippen molar-refractivity contribution in [2.24, 2.45) is 0 Å². The van der Waals surface area contributed by atoms with Gasteiger partial charge in [0.05, 0.1) is 12.4 Å². The molecule has 1 aromatic carbocycles. The minimum atomic E-state index is -3.15. The molecular formula is C15H24ClFN2O3S. The van der Waals surface area contributed by atoms with Gasteiger partial charge in [-0.2, -0.15) is 0 Å². The van der Waals surface area contributed by atoms with Crippen LogP contribution in [-0.4, -0.2) is 38.4 Å². The highest BCUT2D eigenvalue weighted by atomic mass is 35.5. The second-order valence-corrected chi connectivity index (χ2v) is 7.70. The first-order valence-corrected chi connectivity index (χ1v) is 9.37. The topological polar surface area (TPSA) is 78.4 Å². The van der Waals surface area contributed by atoms with Crippen molar-refractivity contribution in [3.8, 4) is 0 Å². The molecule has 8 heteroatoms. The van der Waals surface area contributed by atoms with Crippen LogP contribution in [0.25, 0.3) is 0 Å². The summed E-state index contributed by atoms with van der Waals surface area (Å²) in [5.41, 5.74) is 0.555. The molecule has 2 rings (SSSR count). The molecule has 0 amide bonds. The minimum Gasteiger partial charge on any atom is -0.387 e. The SMILES string of the molecule is CS(=O)(=O)NC1CCC(NC[C@H](O)c2cccc(F)c2)CC1.Cl. The zero-order valence-electron chi connectivity index (χ0n) is 13.0. The van der Waals surface area contributed by atoms with Crippen LogP contribution in [0.4, 0.5) is 4.39 Å². The van der Waals surface area contributed by atoms with Gasteiger partial charge in [-0.25, -0.2) is 17.5 Å². The highest BCUT2D eigenvalue weighted by Gasteiger charge is 2.23. The molecule has 1 fully saturated rings. The average molecular weight is 367 g/mol. The number of benzene rings is 1. The van der Waals surface area contributed by atoms with Gasteiger partial charge in [-0.05, 0) is 43.4 Å². The Hall–Kier alpha value is -0.730. The summed E-state index contributed by atoms with van der Waals surface area (Å²) in [6.45, 7) is 0.359. The van der Waals surface area contributed by atoms with Crippen LogP contribution in [0.15, 0.2) is 24.3 Å². The van der Waals surface area contributed by atoms with Gasteiger partial charge in [0.25, 0.3) is 0 Å². The van der Waals surface area contributed by atoms with Crippen molar-refractivity contribution in [2.45, 2.75) is 43.9 Å². The van der Waals surface area contributed by atoms with E-state index in [0.717, 1.165) is 25.7 Å². The number of aliphatic hydroxyl groups excluding tert-OH is 1. The predicted octanol–water partition coefficient (Wildman–Crippen LogP) is 1.73. The number of hydrogen-bond donors (Lipinski definition) is 3. The number of sulfonamides is 1. The Morgan fingerprint density at radius 2 is 1.87 bits per heavy atom. The molecule has 0 unspecified atom stereocenters. The van der Waals surface area contributed by atoms with Gasteiger partial charge in [0.2, 0.25) is 10.0 Å². The van der Waals surface area contributed by atoms with Gasteiger partial charge in [0.15, 0.2) is 0 Å². The van der Waals surface area contributed by atoms with E-state index in [2.05, 4.69) is 10.0 Å². The molecular weight excluding hydrogens is 343 g/mol. The summed E-state index contributed by atoms with van der Waals surface area (Å²) in [5.74, 6) is -0.357. The standard InChI is InChI=1S/C15H23FN2O3S.ClH/c1-22(20,21)18-14-7-5-13(6-8-14)17-10-15(19)11-3-2-4-12(16)9-11;/h2-4,9,13-15,17-19H,5-8,10H2,1H3;1H/t13?,14?,15-;/m0./s1. The van der Waals surface area contributed by atoms with Crippen LogP contribution in [0.3, 0.4) is 0 Å². The molecule has 0 aromatic heterocycles. The van der Waals surface area contributed by atoms with E-state index in [4.69, 9.17) is 0 Å². The van der Waals surface area contributed by atoms with Crippen LogP contribution in [0.2, 0.25) is 0 Å². The van der Waals surface area contributed by atoms with Gasteiger partial charge in [-0.15, -0.1) is 12.4 Å². The normalized spacial score (nSPS) is 23.1. The highest BCUT2D eigenvalue weighted by molar-refractivity contribution is 7.88. The molecule has 0 saturated heterocycles. The fourth-order valence-electron chi connectivity index (χ4n) is 2.83. The molecule has 1 saturated carbocycles. The molecule has 1 aromatic rings. The maximum Gasteiger partial charge on any atom is 0.208 e. The molecule has 0 spiro atoms. The molecule has 132 valence electrons. The minimum absolute atomic E-state index is 0. The van der Waals surface area contributed by atoms with Gasteiger partial charge >= 0.3 is 0 Å². The van der Waals surface area contributed by atoms with Crippen LogP contribution >= 0.6 is 12.4 Å². The first-order chi connectivity index (χ1) is 10.3. The maximum atomic E-state index is 13.1. The maximum absolute atomic E-state index is 13.1. The fraction of sp³-hybridized carbons (Fsp3) is 0.600. The van der Waals surface area contributed by atoms with E-state index in [0.29, 0.717) is 12.1 Å². The lowest BCUT2D eigenvalue weighted by Crippen LogP contribution is -2.42. The third-order valence-corrected chi connectivity index (χ3v) is 4.70. The zero-order valence-corrected chi connectivity index (χ0v) is 14.7. The number of aliphatic hydroxyl groups is 1. The Balaban J connectivity index is 0.00000264. The third kappa shape index (κ3) is 7.14. The van der Waals surface area contributed by atoms with Gasteiger partial charge in [0.1, 0.15) is 5.82 Å². The summed E-state index contributed by atoms with van der Waals surface area (Å²) in [5, 5.41) is 13.3. The summed E-state index contributed by atoms with van der Waals surface area (Å²) < 4.78 is 38.1. The van der Waals surface area contributed by atoms with E-state index in [1.54, 1.807) is 12.1 Å². The summed E-state index contributed by atoms with van der Waals surface area (Å²) in [6.07, 6.45) is 3.68. The van der Waals surface area contributed by atoms with Crippen LogP contribution < -0.4 is 10.0 Å². The van der Waals surface area contributed by atoms with E-state index in [1.165, 1.54) is 18.4 Å².